The lowest BCUT2D eigenvalue weighted by Crippen LogP contribution is -2.40. The zero-order valence-corrected chi connectivity index (χ0v) is 18.2. The Morgan fingerprint density at radius 3 is 2.67 bits per heavy atom. The lowest BCUT2D eigenvalue weighted by atomic mass is 10.1. The van der Waals surface area contributed by atoms with Gasteiger partial charge in [0.1, 0.15) is 4.83 Å². The highest BCUT2D eigenvalue weighted by atomic mass is 32.1. The average Bonchev–Trinajstić information content (AvgIpc) is 3.29. The number of aliphatic hydroxyl groups excluding tert-OH is 1. The molecule has 0 atom stereocenters. The normalized spacial score (nSPS) is 15.2. The number of nitrogens with one attached hydrogen (secondary N) is 1. The monoisotopic (exact) mass is 426 g/mol. The molecule has 7 nitrogen and oxygen atoms in total. The first-order valence-electron chi connectivity index (χ1n) is 10.2. The maximum absolute atomic E-state index is 12.8. The second-order valence-electron chi connectivity index (χ2n) is 8.05. The Bertz CT molecular complexity index is 1090. The van der Waals surface area contributed by atoms with Crippen molar-refractivity contribution in [2.45, 2.75) is 38.7 Å². The Morgan fingerprint density at radius 2 is 1.97 bits per heavy atom. The van der Waals surface area contributed by atoms with Crippen LogP contribution in [0.25, 0.3) is 10.2 Å². The summed E-state index contributed by atoms with van der Waals surface area (Å²) in [6.07, 6.45) is 0.871. The summed E-state index contributed by atoms with van der Waals surface area (Å²) in [5.41, 5.74) is 2.11. The van der Waals surface area contributed by atoms with Crippen molar-refractivity contribution in [1.82, 2.24) is 14.7 Å². The fourth-order valence-electron chi connectivity index (χ4n) is 3.78. The van der Waals surface area contributed by atoms with Crippen molar-refractivity contribution in [3.63, 3.8) is 0 Å². The van der Waals surface area contributed by atoms with E-state index in [9.17, 15) is 14.7 Å². The molecule has 2 aromatic heterocycles. The summed E-state index contributed by atoms with van der Waals surface area (Å²) in [5.74, 6) is 0.00177. The molecule has 0 radical (unpaired) electrons. The standard InChI is InChI=1S/C22H26N4O3S/c1-13(2)19-17-12-18(30-22(17)25(3)24-19)20(28)23-15-6-4-5-14(11-15)21(29)26-9-7-16(27)8-10-26/h4-6,11-13,16,27H,7-10H2,1-3H3,(H,23,28). The van der Waals surface area contributed by atoms with Gasteiger partial charge in [-0.2, -0.15) is 5.10 Å². The molecule has 0 spiro atoms. The van der Waals surface area contributed by atoms with E-state index in [0.717, 1.165) is 15.9 Å². The summed E-state index contributed by atoms with van der Waals surface area (Å²) in [4.78, 5) is 28.9. The number of hydrogen-bond acceptors (Lipinski definition) is 5. The highest BCUT2D eigenvalue weighted by molar-refractivity contribution is 7.20. The predicted molar refractivity (Wildman–Crippen MR) is 118 cm³/mol. The molecule has 0 saturated carbocycles. The molecule has 0 unspecified atom stereocenters. The van der Waals surface area contributed by atoms with Crippen LogP contribution in [0.2, 0.25) is 0 Å². The van der Waals surface area contributed by atoms with Crippen molar-refractivity contribution < 1.29 is 14.7 Å². The molecule has 1 fully saturated rings. The van der Waals surface area contributed by atoms with Crippen LogP contribution in [0.1, 0.15) is 58.3 Å². The summed E-state index contributed by atoms with van der Waals surface area (Å²) < 4.78 is 1.82. The van der Waals surface area contributed by atoms with Crippen molar-refractivity contribution in [3.05, 3.63) is 46.5 Å². The maximum atomic E-state index is 12.8. The van der Waals surface area contributed by atoms with Crippen molar-refractivity contribution in [2.24, 2.45) is 7.05 Å². The van der Waals surface area contributed by atoms with Crippen molar-refractivity contribution in [2.75, 3.05) is 18.4 Å². The Labute approximate surface area is 179 Å². The molecular formula is C22H26N4O3S. The third-order valence-corrected chi connectivity index (χ3v) is 6.63. The first-order valence-corrected chi connectivity index (χ1v) is 11.0. The van der Waals surface area contributed by atoms with Gasteiger partial charge in [-0.3, -0.25) is 14.3 Å². The fourth-order valence-corrected chi connectivity index (χ4v) is 4.75. The Hall–Kier alpha value is -2.71. The first-order chi connectivity index (χ1) is 14.3. The van der Waals surface area contributed by atoms with Gasteiger partial charge in [-0.15, -0.1) is 11.3 Å². The van der Waals surface area contributed by atoms with E-state index in [4.69, 9.17) is 0 Å². The molecule has 4 rings (SSSR count). The Morgan fingerprint density at radius 1 is 1.23 bits per heavy atom. The molecule has 2 amide bonds. The minimum Gasteiger partial charge on any atom is -0.393 e. The fraction of sp³-hybridized carbons (Fsp3) is 0.409. The number of fused-ring (bicyclic) bond motifs is 1. The van der Waals surface area contributed by atoms with Gasteiger partial charge in [0, 0.05) is 36.8 Å². The van der Waals surface area contributed by atoms with E-state index in [2.05, 4.69) is 24.3 Å². The molecule has 30 heavy (non-hydrogen) atoms. The molecule has 8 heteroatoms. The van der Waals surface area contributed by atoms with Gasteiger partial charge >= 0.3 is 0 Å². The highest BCUT2D eigenvalue weighted by Gasteiger charge is 2.23. The van der Waals surface area contributed by atoms with Gasteiger partial charge < -0.3 is 15.3 Å². The van der Waals surface area contributed by atoms with Gasteiger partial charge in [0.15, 0.2) is 0 Å². The molecule has 3 heterocycles. The molecule has 1 aliphatic heterocycles. The predicted octanol–water partition coefficient (Wildman–Crippen LogP) is 3.61. The lowest BCUT2D eigenvalue weighted by Gasteiger charge is -2.29. The van der Waals surface area contributed by atoms with Crippen LogP contribution in [0.5, 0.6) is 0 Å². The lowest BCUT2D eigenvalue weighted by molar-refractivity contribution is 0.0546. The van der Waals surface area contributed by atoms with Crippen LogP contribution in [0.15, 0.2) is 30.3 Å². The Kier molecular flexibility index (Phi) is 5.62. The van der Waals surface area contributed by atoms with Crippen LogP contribution < -0.4 is 5.32 Å². The van der Waals surface area contributed by atoms with E-state index in [1.165, 1.54) is 11.3 Å². The zero-order chi connectivity index (χ0) is 21.4. The number of carbonyl (C=O) groups is 2. The number of nitrogens with zero attached hydrogens (tertiary/aromatic N) is 3. The number of thiophene rings is 1. The van der Waals surface area contributed by atoms with Crippen molar-refractivity contribution >= 4 is 39.1 Å². The molecule has 158 valence electrons. The Balaban J connectivity index is 1.51. The third-order valence-electron chi connectivity index (χ3n) is 5.43. The molecule has 3 aromatic rings. The number of aryl methyl sites for hydroxylation is 1. The van der Waals surface area contributed by atoms with Gasteiger partial charge in [-0.05, 0) is 43.0 Å². The number of amides is 2. The third kappa shape index (κ3) is 3.97. The molecule has 1 aromatic carbocycles. The first kappa shape index (κ1) is 20.6. The molecular weight excluding hydrogens is 400 g/mol. The summed E-state index contributed by atoms with van der Waals surface area (Å²) >= 11 is 1.41. The second kappa shape index (κ2) is 8.20. The number of carbonyl (C=O) groups excluding carboxylic acids is 2. The quantitative estimate of drug-likeness (QED) is 0.667. The van der Waals surface area contributed by atoms with Crippen molar-refractivity contribution in [1.29, 1.82) is 0 Å². The molecule has 0 aliphatic carbocycles. The average molecular weight is 427 g/mol. The minimum atomic E-state index is -0.326. The number of piperidine rings is 1. The van der Waals surface area contributed by atoms with Crippen LogP contribution in [-0.2, 0) is 7.05 Å². The molecule has 1 aliphatic rings. The van der Waals surface area contributed by atoms with Crippen molar-refractivity contribution in [3.8, 4) is 0 Å². The molecule has 2 N–H and O–H groups in total. The largest absolute Gasteiger partial charge is 0.393 e. The maximum Gasteiger partial charge on any atom is 0.265 e. The summed E-state index contributed by atoms with van der Waals surface area (Å²) in [6.45, 7) is 5.27. The smallest absolute Gasteiger partial charge is 0.265 e. The second-order valence-corrected chi connectivity index (χ2v) is 9.08. The molecule has 0 bridgehead atoms. The van der Waals surface area contributed by atoms with Gasteiger partial charge in [0.05, 0.1) is 16.7 Å². The van der Waals surface area contributed by atoms with Crippen LogP contribution in [0, 0.1) is 0 Å². The van der Waals surface area contributed by atoms with Gasteiger partial charge in [-0.25, -0.2) is 0 Å². The van der Waals surface area contributed by atoms with Gasteiger partial charge in [0.2, 0.25) is 0 Å². The van der Waals surface area contributed by atoms with Gasteiger partial charge in [0.25, 0.3) is 11.8 Å². The van der Waals surface area contributed by atoms with E-state index in [-0.39, 0.29) is 23.8 Å². The number of hydrogen-bond donors (Lipinski definition) is 2. The SMILES string of the molecule is CC(C)c1nn(C)c2sc(C(=O)Nc3cccc(C(=O)N4CCC(O)CC4)c3)cc12. The number of benzene rings is 1. The van der Waals surface area contributed by atoms with E-state index >= 15 is 0 Å². The number of aromatic nitrogens is 2. The van der Waals surface area contributed by atoms with Crippen LogP contribution >= 0.6 is 11.3 Å². The van der Waals surface area contributed by atoms with Crippen LogP contribution in [0.4, 0.5) is 5.69 Å². The molecule has 1 saturated heterocycles. The van der Waals surface area contributed by atoms with E-state index in [1.54, 1.807) is 29.2 Å². The van der Waals surface area contributed by atoms with E-state index < -0.39 is 0 Å². The summed E-state index contributed by atoms with van der Waals surface area (Å²) in [5, 5.41) is 18.1. The van der Waals surface area contributed by atoms with Gasteiger partial charge in [-0.1, -0.05) is 19.9 Å². The summed E-state index contributed by atoms with van der Waals surface area (Å²) in [6, 6.07) is 8.91. The van der Waals surface area contributed by atoms with E-state index in [1.807, 2.05) is 17.8 Å². The van der Waals surface area contributed by atoms with Crippen LogP contribution in [0.3, 0.4) is 0 Å². The topological polar surface area (TPSA) is 87.5 Å². The zero-order valence-electron chi connectivity index (χ0n) is 17.4. The number of rotatable bonds is 4. The highest BCUT2D eigenvalue weighted by Crippen LogP contribution is 2.32. The van der Waals surface area contributed by atoms with Crippen LogP contribution in [-0.4, -0.2) is 50.8 Å². The number of anilines is 1. The van der Waals surface area contributed by atoms with E-state index in [0.29, 0.717) is 42.1 Å². The number of likely N-dealkylation sites (tertiary alicyclic amines) is 1. The number of aliphatic hydroxyl groups is 1. The summed E-state index contributed by atoms with van der Waals surface area (Å²) in [7, 11) is 1.89. The minimum absolute atomic E-state index is 0.0764.